The molecule has 28 heteroatoms. The molecule has 0 saturated heterocycles. The van der Waals surface area contributed by atoms with E-state index in [1.54, 1.807) is 0 Å². The average molecular weight is 1020 g/mol. The van der Waals surface area contributed by atoms with Crippen molar-refractivity contribution in [1.29, 1.82) is 0 Å². The molecule has 0 spiro atoms. The number of nitrogens with one attached hydrogen (secondary N) is 5. The molecule has 0 radical (unpaired) electrons. The number of fused-ring (bicyclic) bond motifs is 20. The third kappa shape index (κ3) is 7.90. The first-order valence-electron chi connectivity index (χ1n) is 19.4. The fraction of sp³-hybridized carbons (Fsp3) is 0.0500. The SMILES string of the molecule is O=S(=O)(O)c1ccc2c3[nH]c(c2c1)N=c1[nH]c(c2cc(S(=O)(=O)O)ccc12)=Nc1[nH]c(c2cc(S(=O)(=O)O)ccc12)N=c1[nH]c(c2cc(S(=O)(=O)Nc4ccc(S(=O)(=O)CCO)cc4)ccc12)=N3. The van der Waals surface area contributed by atoms with Crippen LogP contribution in [0.4, 0.5) is 29.0 Å². The molecule has 1 aliphatic heterocycles. The zero-order chi connectivity index (χ0) is 48.3. The van der Waals surface area contributed by atoms with Gasteiger partial charge >= 0.3 is 0 Å². The lowest BCUT2D eigenvalue weighted by Crippen LogP contribution is -2.14. The number of aromatic amines is 4. The van der Waals surface area contributed by atoms with E-state index in [9.17, 15) is 55.7 Å². The fourth-order valence-electron chi connectivity index (χ4n) is 7.67. The summed E-state index contributed by atoms with van der Waals surface area (Å²) in [5.74, 6) is -0.585. The minimum absolute atomic E-state index is 0.00305. The molecule has 0 aliphatic carbocycles. The first-order valence-corrected chi connectivity index (χ1v) is 26.8. The minimum atomic E-state index is -4.77. The van der Waals surface area contributed by atoms with Crippen molar-refractivity contribution in [2.24, 2.45) is 20.0 Å². The highest BCUT2D eigenvalue weighted by Gasteiger charge is 2.23. The Morgan fingerprint density at radius 2 is 0.735 bits per heavy atom. The Hall–Kier alpha value is -7.15. The number of H-pyrrole nitrogens is 4. The predicted molar refractivity (Wildman–Crippen MR) is 242 cm³/mol. The Bertz CT molecular complexity index is 4510. The lowest BCUT2D eigenvalue weighted by atomic mass is 10.2. The highest BCUT2D eigenvalue weighted by molar-refractivity contribution is 7.92. The summed E-state index contributed by atoms with van der Waals surface area (Å²) in [4.78, 5) is 29.2. The molecule has 8 bridgehead atoms. The number of aliphatic hydroxyl groups excluding tert-OH is 1. The van der Waals surface area contributed by atoms with Crippen molar-refractivity contribution >= 4 is 122 Å². The zero-order valence-corrected chi connectivity index (χ0v) is 37.9. The van der Waals surface area contributed by atoms with Crippen LogP contribution in [-0.2, 0) is 50.2 Å². The van der Waals surface area contributed by atoms with Gasteiger partial charge in [-0.2, -0.15) is 25.3 Å². The van der Waals surface area contributed by atoms with Gasteiger partial charge in [-0.3, -0.25) is 18.4 Å². The molecule has 0 fully saturated rings. The van der Waals surface area contributed by atoms with E-state index in [1.165, 1.54) is 60.7 Å². The summed E-state index contributed by atoms with van der Waals surface area (Å²) in [6.45, 7) is -0.614. The smallest absolute Gasteiger partial charge is 0.294 e. The highest BCUT2D eigenvalue weighted by atomic mass is 32.2. The van der Waals surface area contributed by atoms with E-state index in [-0.39, 0.29) is 104 Å². The van der Waals surface area contributed by atoms with Crippen molar-refractivity contribution in [2.45, 2.75) is 24.5 Å². The maximum Gasteiger partial charge on any atom is 0.294 e. The van der Waals surface area contributed by atoms with Crippen LogP contribution in [0.3, 0.4) is 0 Å². The molecule has 348 valence electrons. The van der Waals surface area contributed by atoms with Crippen LogP contribution >= 0.6 is 0 Å². The number of hydrogen-bond donors (Lipinski definition) is 9. The summed E-state index contributed by atoms with van der Waals surface area (Å²) in [7, 11) is -22.6. The van der Waals surface area contributed by atoms with Crippen molar-refractivity contribution in [3.63, 3.8) is 0 Å². The second-order valence-electron chi connectivity index (χ2n) is 15.2. The topological polar surface area (TPSA) is 376 Å². The lowest BCUT2D eigenvalue weighted by molar-refractivity contribution is 0.319. The average Bonchev–Trinajstić information content (AvgIpc) is 4.00. The fourth-order valence-corrected chi connectivity index (χ4v) is 11.3. The first kappa shape index (κ1) is 44.7. The lowest BCUT2D eigenvalue weighted by Gasteiger charge is -2.09. The molecule has 10 rings (SSSR count). The number of aromatic nitrogens is 4. The van der Waals surface area contributed by atoms with Gasteiger partial charge < -0.3 is 25.0 Å². The van der Waals surface area contributed by atoms with Crippen LogP contribution in [-0.4, -0.2) is 93.1 Å². The van der Waals surface area contributed by atoms with Crippen molar-refractivity contribution in [3.05, 3.63) is 119 Å². The van der Waals surface area contributed by atoms with Gasteiger partial charge in [-0.15, -0.1) is 0 Å². The van der Waals surface area contributed by atoms with E-state index >= 15 is 0 Å². The van der Waals surface area contributed by atoms with E-state index < -0.39 is 77.3 Å². The molecule has 9 N–H and O–H groups in total. The molecular weight excluding hydrogens is 991 g/mol. The van der Waals surface area contributed by atoms with E-state index in [4.69, 9.17) is 25.1 Å². The van der Waals surface area contributed by atoms with Crippen molar-refractivity contribution in [1.82, 2.24) is 19.9 Å². The van der Waals surface area contributed by atoms with Gasteiger partial charge in [-0.1, -0.05) is 0 Å². The van der Waals surface area contributed by atoms with E-state index in [1.807, 2.05) is 0 Å². The van der Waals surface area contributed by atoms with Gasteiger partial charge in [-0.05, 0) is 97.1 Å². The summed E-state index contributed by atoms with van der Waals surface area (Å²) in [5, 5.41) is 10.6. The third-order valence-corrected chi connectivity index (χ3v) is 16.5. The molecule has 0 amide bonds. The normalized spacial score (nSPS) is 13.6. The molecule has 0 saturated carbocycles. The van der Waals surface area contributed by atoms with E-state index in [2.05, 4.69) is 24.7 Å². The number of aliphatic hydroxyl groups is 1. The Morgan fingerprint density at radius 1 is 0.397 bits per heavy atom. The number of benzene rings is 5. The summed E-state index contributed by atoms with van der Waals surface area (Å²) in [6.07, 6.45) is 0. The van der Waals surface area contributed by atoms with Crippen LogP contribution in [0, 0.1) is 0 Å². The molecule has 9 aromatic rings. The number of anilines is 1. The number of rotatable bonds is 9. The van der Waals surface area contributed by atoms with E-state index in [0.717, 1.165) is 36.4 Å². The predicted octanol–water partition coefficient (Wildman–Crippen LogP) is 3.04. The van der Waals surface area contributed by atoms with Crippen molar-refractivity contribution in [3.8, 4) is 0 Å². The van der Waals surface area contributed by atoms with Crippen LogP contribution in [0.5, 0.6) is 0 Å². The van der Waals surface area contributed by atoms with E-state index in [0.29, 0.717) is 0 Å². The largest absolute Gasteiger partial charge is 0.395 e. The maximum absolute atomic E-state index is 13.9. The number of sulfonamides is 1. The van der Waals surface area contributed by atoms with Crippen LogP contribution < -0.4 is 26.7 Å². The third-order valence-electron chi connectivity index (χ3n) is 10.9. The Labute approximate surface area is 381 Å². The van der Waals surface area contributed by atoms with Gasteiger partial charge in [0.15, 0.2) is 9.84 Å². The summed E-state index contributed by atoms with van der Waals surface area (Å²) < 4.78 is 159. The molecule has 5 heterocycles. The molecule has 68 heavy (non-hydrogen) atoms. The Balaban J connectivity index is 1.28. The van der Waals surface area contributed by atoms with Gasteiger partial charge in [0.2, 0.25) is 0 Å². The van der Waals surface area contributed by atoms with Gasteiger partial charge in [0.1, 0.15) is 45.2 Å². The van der Waals surface area contributed by atoms with Gasteiger partial charge in [0.05, 0.1) is 36.8 Å². The molecule has 5 aromatic carbocycles. The van der Waals surface area contributed by atoms with Crippen molar-refractivity contribution < 1.29 is 60.9 Å². The second-order valence-corrected chi connectivity index (χ2v) is 23.2. The Kier molecular flexibility index (Phi) is 10.1. The molecule has 0 unspecified atom stereocenters. The van der Waals surface area contributed by atoms with Crippen LogP contribution in [0.1, 0.15) is 0 Å². The molecular formula is C40H29N9O14S5. The molecule has 1 aliphatic rings. The minimum Gasteiger partial charge on any atom is -0.395 e. The van der Waals surface area contributed by atoms with Gasteiger partial charge in [0.25, 0.3) is 40.4 Å². The Morgan fingerprint density at radius 3 is 1.15 bits per heavy atom. The number of sulfone groups is 1. The van der Waals surface area contributed by atoms with Crippen LogP contribution in [0.2, 0.25) is 0 Å². The van der Waals surface area contributed by atoms with Gasteiger partial charge in [0, 0.05) is 48.8 Å². The van der Waals surface area contributed by atoms with Gasteiger partial charge in [-0.25, -0.2) is 36.8 Å². The summed E-state index contributed by atoms with van der Waals surface area (Å²) >= 11 is 0. The monoisotopic (exact) mass is 1020 g/mol. The van der Waals surface area contributed by atoms with Crippen LogP contribution in [0.15, 0.2) is 142 Å². The zero-order valence-electron chi connectivity index (χ0n) is 33.9. The number of nitrogens with zero attached hydrogens (tertiary/aromatic N) is 4. The maximum atomic E-state index is 13.9. The first-order chi connectivity index (χ1) is 32.0. The molecule has 4 aromatic heterocycles. The second kappa shape index (κ2) is 15.4. The van der Waals surface area contributed by atoms with Crippen LogP contribution in [0.25, 0.3) is 43.1 Å². The summed E-state index contributed by atoms with van der Waals surface area (Å²) in [5.41, 5.74) is -0.0235. The quantitative estimate of drug-likeness (QED) is 0.0939. The molecule has 23 nitrogen and oxygen atoms in total. The number of hydrogen-bond acceptors (Lipinski definition) is 15. The molecule has 0 atom stereocenters. The van der Waals surface area contributed by atoms with Crippen molar-refractivity contribution in [2.75, 3.05) is 17.1 Å². The summed E-state index contributed by atoms with van der Waals surface area (Å²) in [6, 6.07) is 19.5. The highest BCUT2D eigenvalue weighted by Crippen LogP contribution is 2.37. The standard InChI is InChI=1S/C40H29N9O14S5/c50-13-14-64(51,52)20-3-1-19(2-4-20)49-65(53,54)21-5-9-25-29(15-21)37-41-33(25)43-38-31-17-23(67(58,59)60)7-11-27(31)35(45-38)47-40-32-18-24(68(61,62)63)8-12-28(32)36(48-40)46-39-30-16-22(66(55,56)57)6-10-26(30)34(42-37)44-39/h1-12,15-18,49-50H,13-14H2,(H,55,56,57)(H,58,59,60)(H,61,62,63)(H4,41,42,43,44,45,46,47,48).